The van der Waals surface area contributed by atoms with Gasteiger partial charge in [-0.25, -0.2) is 0 Å². The minimum absolute atomic E-state index is 0.328. The van der Waals surface area contributed by atoms with Gasteiger partial charge >= 0.3 is 0 Å². The first-order valence-electron chi connectivity index (χ1n) is 10.3. The molecule has 1 saturated carbocycles. The number of imide groups is 2. The van der Waals surface area contributed by atoms with Crippen LogP contribution in [0.1, 0.15) is 0 Å². The van der Waals surface area contributed by atoms with Gasteiger partial charge in [0.05, 0.1) is 35.0 Å². The first-order chi connectivity index (χ1) is 15.4. The largest absolute Gasteiger partial charge is 0.274 e. The monoisotopic (exact) mass is 466 g/mol. The van der Waals surface area contributed by atoms with Gasteiger partial charge in [0.1, 0.15) is 0 Å². The van der Waals surface area contributed by atoms with Crippen LogP contribution in [0.15, 0.2) is 60.7 Å². The van der Waals surface area contributed by atoms with Crippen molar-refractivity contribution < 1.29 is 19.2 Å². The third kappa shape index (κ3) is 2.48. The van der Waals surface area contributed by atoms with Crippen molar-refractivity contribution in [2.75, 3.05) is 9.80 Å². The van der Waals surface area contributed by atoms with Gasteiger partial charge in [0.15, 0.2) is 0 Å². The van der Waals surface area contributed by atoms with E-state index in [9.17, 15) is 19.2 Å². The van der Waals surface area contributed by atoms with Gasteiger partial charge in [0.25, 0.3) is 0 Å². The molecule has 160 valence electrons. The molecule has 3 aliphatic carbocycles. The van der Waals surface area contributed by atoms with Gasteiger partial charge in [-0.15, -0.1) is 0 Å². The molecule has 4 amide bonds. The molecule has 3 fully saturated rings. The van der Waals surface area contributed by atoms with Gasteiger partial charge in [-0.3, -0.25) is 29.0 Å². The number of hydrogen-bond donors (Lipinski definition) is 0. The van der Waals surface area contributed by atoms with E-state index < -0.39 is 35.5 Å². The van der Waals surface area contributed by atoms with Crippen LogP contribution in [0, 0.1) is 35.5 Å². The summed E-state index contributed by atoms with van der Waals surface area (Å²) >= 11 is 11.9. The van der Waals surface area contributed by atoms with Crippen LogP contribution in [0.4, 0.5) is 11.4 Å². The quantitative estimate of drug-likeness (QED) is 0.499. The van der Waals surface area contributed by atoms with Gasteiger partial charge < -0.3 is 0 Å². The molecule has 0 radical (unpaired) electrons. The highest BCUT2D eigenvalue weighted by atomic mass is 35.5. The number of anilines is 2. The zero-order chi connectivity index (χ0) is 22.3. The molecule has 2 aliphatic heterocycles. The fraction of sp³-hybridized carbons (Fsp3) is 0.250. The summed E-state index contributed by atoms with van der Waals surface area (Å²) in [6, 6.07) is 13.0. The Morgan fingerprint density at radius 2 is 0.781 bits per heavy atom. The summed E-state index contributed by atoms with van der Waals surface area (Å²) in [7, 11) is 0. The van der Waals surface area contributed by atoms with Crippen molar-refractivity contribution in [2.45, 2.75) is 0 Å². The Kier molecular flexibility index (Phi) is 4.17. The highest BCUT2D eigenvalue weighted by Gasteiger charge is 2.68. The summed E-state index contributed by atoms with van der Waals surface area (Å²) in [6.07, 6.45) is 3.69. The van der Waals surface area contributed by atoms with Gasteiger partial charge in [0, 0.05) is 21.9 Å². The molecule has 2 heterocycles. The molecule has 2 aromatic rings. The molecule has 0 spiro atoms. The molecule has 7 rings (SSSR count). The molecule has 6 atom stereocenters. The third-order valence-electron chi connectivity index (χ3n) is 7.18. The third-order valence-corrected chi connectivity index (χ3v) is 7.68. The number of amides is 4. The Morgan fingerprint density at radius 3 is 1.06 bits per heavy atom. The van der Waals surface area contributed by atoms with E-state index >= 15 is 0 Å². The fourth-order valence-corrected chi connectivity index (χ4v) is 6.17. The number of halogens is 2. The average Bonchev–Trinajstić information content (AvgIpc) is 3.23. The number of carbonyl (C=O) groups excluding carboxylic acids is 4. The summed E-state index contributed by atoms with van der Waals surface area (Å²) in [5.74, 6) is -4.94. The molecule has 2 aromatic carbocycles. The fourth-order valence-electron chi connectivity index (χ4n) is 5.92. The van der Waals surface area contributed by atoms with Crippen molar-refractivity contribution in [3.63, 3.8) is 0 Å². The molecule has 2 unspecified atom stereocenters. The molecule has 6 nitrogen and oxygen atoms in total. The lowest BCUT2D eigenvalue weighted by Gasteiger charge is -2.44. The summed E-state index contributed by atoms with van der Waals surface area (Å²) in [4.78, 5) is 56.0. The Morgan fingerprint density at radius 1 is 0.500 bits per heavy atom. The number of hydrogen-bond acceptors (Lipinski definition) is 4. The average molecular weight is 467 g/mol. The molecule has 0 aromatic heterocycles. The Balaban J connectivity index is 1.39. The molecule has 2 bridgehead atoms. The summed E-state index contributed by atoms with van der Waals surface area (Å²) in [5, 5.41) is 1.00. The molecular formula is C24H16Cl2N2O4. The van der Waals surface area contributed by atoms with Crippen LogP contribution in [0.3, 0.4) is 0 Å². The number of benzene rings is 2. The predicted octanol–water partition coefficient (Wildman–Crippen LogP) is 3.72. The van der Waals surface area contributed by atoms with Crippen LogP contribution in [-0.2, 0) is 19.2 Å². The van der Waals surface area contributed by atoms with Gasteiger partial charge in [0.2, 0.25) is 23.6 Å². The molecule has 32 heavy (non-hydrogen) atoms. The van der Waals surface area contributed by atoms with Crippen LogP contribution in [-0.4, -0.2) is 23.6 Å². The topological polar surface area (TPSA) is 74.8 Å². The van der Waals surface area contributed by atoms with Crippen LogP contribution in [0.2, 0.25) is 10.0 Å². The number of rotatable bonds is 2. The minimum atomic E-state index is -0.656. The Labute approximate surface area is 193 Å². The van der Waals surface area contributed by atoms with Crippen LogP contribution < -0.4 is 9.80 Å². The van der Waals surface area contributed by atoms with Crippen molar-refractivity contribution in [3.05, 3.63) is 70.7 Å². The minimum Gasteiger partial charge on any atom is -0.274 e. The van der Waals surface area contributed by atoms with E-state index in [2.05, 4.69) is 0 Å². The standard InChI is InChI=1S/C24H16Cl2N2O4/c25-11-1-5-13(6-2-11)27-21(29)17-15-9-10-16(18(17)22(27)30)20-19(15)23(31)28(24(20)32)14-7-3-12(26)4-8-14/h1-10,15-20H/t15?,16?,17-,18+,19+,20-. The second kappa shape index (κ2) is 6.77. The summed E-state index contributed by atoms with van der Waals surface area (Å²) < 4.78 is 0. The lowest BCUT2D eigenvalue weighted by molar-refractivity contribution is -0.137. The van der Waals surface area contributed by atoms with Gasteiger partial charge in [-0.1, -0.05) is 35.4 Å². The molecule has 2 saturated heterocycles. The summed E-state index contributed by atoms with van der Waals surface area (Å²) in [6.45, 7) is 0. The molecule has 0 N–H and O–H groups in total. The van der Waals surface area contributed by atoms with Crippen molar-refractivity contribution in [3.8, 4) is 0 Å². The number of carbonyl (C=O) groups is 4. The van der Waals surface area contributed by atoms with E-state index in [4.69, 9.17) is 23.2 Å². The molecular weight excluding hydrogens is 451 g/mol. The second-order valence-electron chi connectivity index (χ2n) is 8.62. The van der Waals surface area contributed by atoms with Crippen LogP contribution >= 0.6 is 23.2 Å². The lowest BCUT2D eigenvalue weighted by atomic mass is 9.54. The zero-order valence-corrected chi connectivity index (χ0v) is 18.0. The van der Waals surface area contributed by atoms with Crippen molar-refractivity contribution in [1.29, 1.82) is 0 Å². The first kappa shape index (κ1) is 19.7. The van der Waals surface area contributed by atoms with Crippen molar-refractivity contribution in [2.24, 2.45) is 35.5 Å². The second-order valence-corrected chi connectivity index (χ2v) is 9.49. The van der Waals surface area contributed by atoms with Crippen LogP contribution in [0.25, 0.3) is 0 Å². The SMILES string of the molecule is O=C1[C@@H]2C3C=CC([C@H]4C(=O)N(c5ccc(Cl)cc5)C(=O)[C@@H]34)[C@@H]2C(=O)N1c1ccc(Cl)cc1. The van der Waals surface area contributed by atoms with Crippen LogP contribution in [0.5, 0.6) is 0 Å². The molecule has 8 heteroatoms. The lowest BCUT2D eigenvalue weighted by Crippen LogP contribution is -2.50. The van der Waals surface area contributed by atoms with Gasteiger partial charge in [-0.2, -0.15) is 0 Å². The van der Waals surface area contributed by atoms with E-state index in [1.165, 1.54) is 9.80 Å². The smallest absolute Gasteiger partial charge is 0.238 e. The highest BCUT2D eigenvalue weighted by Crippen LogP contribution is 2.58. The summed E-state index contributed by atoms with van der Waals surface area (Å²) in [5.41, 5.74) is 0.896. The maximum Gasteiger partial charge on any atom is 0.238 e. The normalized spacial score (nSPS) is 32.7. The molecule has 5 aliphatic rings. The van der Waals surface area contributed by atoms with E-state index in [0.29, 0.717) is 21.4 Å². The van der Waals surface area contributed by atoms with Crippen molar-refractivity contribution in [1.82, 2.24) is 0 Å². The van der Waals surface area contributed by atoms with Crippen molar-refractivity contribution >= 4 is 58.2 Å². The first-order valence-corrected chi connectivity index (χ1v) is 11.1. The number of nitrogens with zero attached hydrogens (tertiary/aromatic N) is 2. The van der Waals surface area contributed by atoms with E-state index in [1.807, 2.05) is 12.2 Å². The van der Waals surface area contributed by atoms with E-state index in [1.54, 1.807) is 48.5 Å². The Bertz CT molecular complexity index is 1080. The Hall–Kier alpha value is -2.96. The highest BCUT2D eigenvalue weighted by molar-refractivity contribution is 6.31. The van der Waals surface area contributed by atoms with E-state index in [-0.39, 0.29) is 23.6 Å². The maximum absolute atomic E-state index is 13.4. The van der Waals surface area contributed by atoms with E-state index in [0.717, 1.165) is 0 Å². The maximum atomic E-state index is 13.4. The zero-order valence-electron chi connectivity index (χ0n) is 16.5. The predicted molar refractivity (Wildman–Crippen MR) is 118 cm³/mol. The van der Waals surface area contributed by atoms with Gasteiger partial charge in [-0.05, 0) is 48.5 Å². The number of allylic oxidation sites excluding steroid dienone is 2.